The molecule has 4 nitrogen and oxygen atoms in total. The molecule has 0 spiro atoms. The molecule has 0 rings (SSSR count). The summed E-state index contributed by atoms with van der Waals surface area (Å²) < 4.78 is 0.734. The van der Waals surface area contributed by atoms with Crippen LogP contribution < -0.4 is 0 Å². The van der Waals surface area contributed by atoms with Gasteiger partial charge in [-0.15, -0.1) is 0 Å². The Balaban J connectivity index is 3.90. The minimum Gasteiger partial charge on any atom is -0.481 e. The molecule has 0 aliphatic rings. The van der Waals surface area contributed by atoms with Crippen LogP contribution in [0.2, 0.25) is 0 Å². The van der Waals surface area contributed by atoms with Crippen molar-refractivity contribution in [1.82, 2.24) is 0 Å². The van der Waals surface area contributed by atoms with Crippen LogP contribution in [0, 0.1) is 11.3 Å². The largest absolute Gasteiger partial charge is 0.481 e. The van der Waals surface area contributed by atoms with Crippen molar-refractivity contribution in [3.8, 4) is 0 Å². The number of carboxylic acid groups (broad SMARTS) is 1. The molecule has 0 saturated heterocycles. The zero-order valence-electron chi connectivity index (χ0n) is 7.87. The average Bonchev–Trinajstić information content (AvgIpc) is 1.85. The van der Waals surface area contributed by atoms with E-state index in [2.05, 4.69) is 0 Å². The molecule has 0 aromatic heterocycles. The van der Waals surface area contributed by atoms with Crippen molar-refractivity contribution in [2.75, 3.05) is 27.7 Å². The molecule has 0 amide bonds. The molecule has 1 atom stereocenters. The van der Waals surface area contributed by atoms with Crippen molar-refractivity contribution in [2.24, 2.45) is 5.92 Å². The highest BCUT2D eigenvalue weighted by Gasteiger charge is 2.17. The zero-order chi connectivity index (χ0) is 9.78. The number of carbonyl (C=O) groups is 1. The first-order valence-corrected chi connectivity index (χ1v) is 3.90. The van der Waals surface area contributed by atoms with Crippen molar-refractivity contribution in [3.63, 3.8) is 0 Å². The molecular formula is C8H17N2O2+. The van der Waals surface area contributed by atoms with Crippen molar-refractivity contribution in [2.45, 2.75) is 6.42 Å². The lowest BCUT2D eigenvalue weighted by molar-refractivity contribution is -0.870. The van der Waals surface area contributed by atoms with Gasteiger partial charge in [0.05, 0.1) is 33.6 Å². The van der Waals surface area contributed by atoms with Crippen molar-refractivity contribution >= 4 is 12.2 Å². The molecule has 0 aliphatic heterocycles. The van der Waals surface area contributed by atoms with Crippen LogP contribution >= 0.6 is 0 Å². The Bertz CT molecular complexity index is 172. The molecule has 0 heterocycles. The van der Waals surface area contributed by atoms with E-state index in [0.717, 1.165) is 17.2 Å². The number of aliphatic carboxylic acids is 1. The Labute approximate surface area is 72.9 Å². The monoisotopic (exact) mass is 173 g/mol. The third-order valence-electron chi connectivity index (χ3n) is 1.63. The Morgan fingerprint density at radius 2 is 2.08 bits per heavy atom. The molecule has 1 unspecified atom stereocenters. The topological polar surface area (TPSA) is 61.2 Å². The Hall–Kier alpha value is -0.900. The molecular weight excluding hydrogens is 156 g/mol. The van der Waals surface area contributed by atoms with Gasteiger partial charge in [-0.3, -0.25) is 4.79 Å². The van der Waals surface area contributed by atoms with Crippen molar-refractivity contribution < 1.29 is 14.4 Å². The quantitative estimate of drug-likeness (QED) is 0.468. The molecule has 2 N–H and O–H groups in total. The smallest absolute Gasteiger partial charge is 0.312 e. The molecule has 0 aromatic rings. The van der Waals surface area contributed by atoms with Crippen LogP contribution in [-0.4, -0.2) is 49.5 Å². The van der Waals surface area contributed by atoms with E-state index < -0.39 is 11.9 Å². The fourth-order valence-electron chi connectivity index (χ4n) is 0.804. The Morgan fingerprint density at radius 3 is 2.33 bits per heavy atom. The molecule has 12 heavy (non-hydrogen) atoms. The number of quaternary nitrogens is 1. The zero-order valence-corrected chi connectivity index (χ0v) is 7.87. The Kier molecular flexibility index (Phi) is 3.89. The van der Waals surface area contributed by atoms with E-state index in [4.69, 9.17) is 10.5 Å². The van der Waals surface area contributed by atoms with Gasteiger partial charge in [-0.25, -0.2) is 0 Å². The van der Waals surface area contributed by atoms with Gasteiger partial charge < -0.3 is 15.0 Å². The van der Waals surface area contributed by atoms with Gasteiger partial charge in [0, 0.05) is 12.6 Å². The molecule has 4 heteroatoms. The molecule has 70 valence electrons. The van der Waals surface area contributed by atoms with Crippen molar-refractivity contribution in [3.05, 3.63) is 0 Å². The molecule has 0 radical (unpaired) electrons. The molecule has 0 aliphatic carbocycles. The fourth-order valence-corrected chi connectivity index (χ4v) is 0.804. The van der Waals surface area contributed by atoms with Gasteiger partial charge in [0.2, 0.25) is 0 Å². The third kappa shape index (κ3) is 4.85. The van der Waals surface area contributed by atoms with Gasteiger partial charge in [-0.2, -0.15) is 0 Å². The van der Waals surface area contributed by atoms with Gasteiger partial charge in [-0.1, -0.05) is 0 Å². The minimum absolute atomic E-state index is 0.530. The van der Waals surface area contributed by atoms with Crippen LogP contribution in [0.15, 0.2) is 0 Å². The standard InChI is InChI=1S/C8H16N2O2/c1-10(2,3)5-4-7(6-9)8(11)12/h6-7,9H,4-5H2,1-3H3/p+1. The van der Waals surface area contributed by atoms with E-state index in [0.29, 0.717) is 6.42 Å². The van der Waals surface area contributed by atoms with Gasteiger partial charge in [0.15, 0.2) is 0 Å². The van der Waals surface area contributed by atoms with Gasteiger partial charge in [0.1, 0.15) is 0 Å². The first kappa shape index (κ1) is 11.1. The number of rotatable bonds is 5. The highest BCUT2D eigenvalue weighted by Crippen LogP contribution is 2.03. The maximum atomic E-state index is 10.5. The Morgan fingerprint density at radius 1 is 1.58 bits per heavy atom. The average molecular weight is 173 g/mol. The first-order valence-electron chi connectivity index (χ1n) is 3.90. The lowest BCUT2D eigenvalue weighted by atomic mass is 10.1. The number of nitrogens with one attached hydrogen (secondary N) is 1. The summed E-state index contributed by atoms with van der Waals surface area (Å²) in [5, 5.41) is 15.5. The summed E-state index contributed by atoms with van der Waals surface area (Å²) in [6.07, 6.45) is 1.53. The van der Waals surface area contributed by atoms with Crippen LogP contribution in [0.5, 0.6) is 0 Å². The highest BCUT2D eigenvalue weighted by atomic mass is 16.4. The fraction of sp³-hybridized carbons (Fsp3) is 0.750. The van der Waals surface area contributed by atoms with E-state index in [1.165, 1.54) is 0 Å². The second-order valence-corrected chi connectivity index (χ2v) is 3.91. The summed E-state index contributed by atoms with van der Waals surface area (Å²) in [5.41, 5.74) is 0. The van der Waals surface area contributed by atoms with Gasteiger partial charge in [0.25, 0.3) is 0 Å². The second-order valence-electron chi connectivity index (χ2n) is 3.91. The second kappa shape index (κ2) is 4.21. The van der Waals surface area contributed by atoms with E-state index in [9.17, 15) is 4.79 Å². The van der Waals surface area contributed by atoms with Crippen LogP contribution in [0.25, 0.3) is 0 Å². The predicted molar refractivity (Wildman–Crippen MR) is 47.4 cm³/mol. The summed E-state index contributed by atoms with van der Waals surface area (Å²) >= 11 is 0. The first-order chi connectivity index (χ1) is 5.37. The highest BCUT2D eigenvalue weighted by molar-refractivity contribution is 5.87. The van der Waals surface area contributed by atoms with E-state index in [1.54, 1.807) is 0 Å². The normalized spacial score (nSPS) is 13.9. The molecule has 0 saturated carbocycles. The lowest BCUT2D eigenvalue weighted by Crippen LogP contribution is -2.37. The maximum Gasteiger partial charge on any atom is 0.312 e. The maximum absolute atomic E-state index is 10.5. The van der Waals surface area contributed by atoms with E-state index in [1.807, 2.05) is 21.1 Å². The van der Waals surface area contributed by atoms with Crippen molar-refractivity contribution in [1.29, 1.82) is 5.41 Å². The number of hydrogen-bond acceptors (Lipinski definition) is 2. The summed E-state index contributed by atoms with van der Waals surface area (Å²) in [4.78, 5) is 10.5. The SMILES string of the molecule is C[N+](C)(C)CCC(C=N)C(=O)O. The summed E-state index contributed by atoms with van der Waals surface area (Å²) in [5.74, 6) is -1.53. The summed E-state index contributed by atoms with van der Waals surface area (Å²) in [6.45, 7) is 0.770. The predicted octanol–water partition coefficient (Wildman–Crippen LogP) is 0.433. The van der Waals surface area contributed by atoms with Crippen LogP contribution in [0.1, 0.15) is 6.42 Å². The number of hydrogen-bond donors (Lipinski definition) is 2. The minimum atomic E-state index is -0.904. The third-order valence-corrected chi connectivity index (χ3v) is 1.63. The summed E-state index contributed by atoms with van der Waals surface area (Å²) in [6, 6.07) is 0. The van der Waals surface area contributed by atoms with Gasteiger partial charge in [-0.05, 0) is 0 Å². The number of carboxylic acids is 1. The van der Waals surface area contributed by atoms with E-state index >= 15 is 0 Å². The van der Waals surface area contributed by atoms with E-state index in [-0.39, 0.29) is 0 Å². The van der Waals surface area contributed by atoms with Crippen LogP contribution in [-0.2, 0) is 4.79 Å². The lowest BCUT2D eigenvalue weighted by Gasteiger charge is -2.24. The number of nitrogens with zero attached hydrogens (tertiary/aromatic N) is 1. The van der Waals surface area contributed by atoms with Crippen LogP contribution in [0.3, 0.4) is 0 Å². The van der Waals surface area contributed by atoms with Gasteiger partial charge >= 0.3 is 5.97 Å². The van der Waals surface area contributed by atoms with Crippen LogP contribution in [0.4, 0.5) is 0 Å². The molecule has 0 fully saturated rings. The molecule has 0 aromatic carbocycles. The summed E-state index contributed by atoms with van der Waals surface area (Å²) in [7, 11) is 6.01. The molecule has 0 bridgehead atoms.